The molecule has 1 aromatic carbocycles. The van der Waals surface area contributed by atoms with E-state index in [0.29, 0.717) is 22.9 Å². The third-order valence-corrected chi connectivity index (χ3v) is 3.11. The highest BCUT2D eigenvalue weighted by Crippen LogP contribution is 2.31. The normalized spacial score (nSPS) is 10.3. The number of aromatic nitrogens is 2. The van der Waals surface area contributed by atoms with E-state index in [-0.39, 0.29) is 5.69 Å². The van der Waals surface area contributed by atoms with Crippen LogP contribution in [0, 0.1) is 17.0 Å². The maximum Gasteiger partial charge on any atom is 0.316 e. The third kappa shape index (κ3) is 2.70. The summed E-state index contributed by atoms with van der Waals surface area (Å²) in [5.74, 6) is 0.362. The molecule has 98 valence electrons. The van der Waals surface area contributed by atoms with Gasteiger partial charge in [-0.2, -0.15) is 0 Å². The molecule has 0 aliphatic carbocycles. The van der Waals surface area contributed by atoms with Crippen molar-refractivity contribution in [3.05, 3.63) is 44.5 Å². The van der Waals surface area contributed by atoms with Gasteiger partial charge in [-0.1, -0.05) is 28.1 Å². The fourth-order valence-electron chi connectivity index (χ4n) is 1.71. The number of benzene rings is 1. The van der Waals surface area contributed by atoms with E-state index in [0.717, 1.165) is 4.47 Å². The van der Waals surface area contributed by atoms with Gasteiger partial charge < -0.3 is 5.32 Å². The average molecular weight is 323 g/mol. The molecule has 0 radical (unpaired) electrons. The summed E-state index contributed by atoms with van der Waals surface area (Å²) >= 11 is 3.33. The number of nitrogens with one attached hydrogen (secondary N) is 1. The largest absolute Gasteiger partial charge is 0.357 e. The van der Waals surface area contributed by atoms with Crippen molar-refractivity contribution >= 4 is 27.6 Å². The summed E-state index contributed by atoms with van der Waals surface area (Å²) in [6, 6.07) is 7.18. The number of hydrogen-bond acceptors (Lipinski definition) is 5. The van der Waals surface area contributed by atoms with Crippen molar-refractivity contribution in [3.63, 3.8) is 0 Å². The minimum Gasteiger partial charge on any atom is -0.357 e. The molecule has 0 aliphatic heterocycles. The van der Waals surface area contributed by atoms with E-state index >= 15 is 0 Å². The summed E-state index contributed by atoms with van der Waals surface area (Å²) in [5, 5.41) is 14.0. The molecule has 19 heavy (non-hydrogen) atoms. The van der Waals surface area contributed by atoms with Gasteiger partial charge in [-0.3, -0.25) is 10.1 Å². The van der Waals surface area contributed by atoms with Crippen molar-refractivity contribution in [2.45, 2.75) is 6.92 Å². The van der Waals surface area contributed by atoms with Crippen molar-refractivity contribution < 1.29 is 4.92 Å². The van der Waals surface area contributed by atoms with Crippen molar-refractivity contribution in [2.75, 3.05) is 12.4 Å². The van der Waals surface area contributed by atoms with Crippen LogP contribution in [0.3, 0.4) is 0 Å². The SMILES string of the molecule is CNc1nc(C)c([N+](=O)[O-])c(-c2ccc(Br)cc2)n1. The number of halogens is 1. The molecular formula is C12H11BrN4O2. The molecule has 0 amide bonds. The number of nitro groups is 1. The van der Waals surface area contributed by atoms with Gasteiger partial charge >= 0.3 is 5.69 Å². The minimum absolute atomic E-state index is 0.0682. The maximum atomic E-state index is 11.2. The smallest absolute Gasteiger partial charge is 0.316 e. The summed E-state index contributed by atoms with van der Waals surface area (Å²) < 4.78 is 0.901. The van der Waals surface area contributed by atoms with Gasteiger partial charge in [0.15, 0.2) is 5.69 Å². The number of aryl methyl sites for hydroxylation is 1. The molecule has 0 unspecified atom stereocenters. The Balaban J connectivity index is 2.68. The predicted molar refractivity (Wildman–Crippen MR) is 76.1 cm³/mol. The lowest BCUT2D eigenvalue weighted by Gasteiger charge is -2.07. The van der Waals surface area contributed by atoms with Crippen LogP contribution in [0.5, 0.6) is 0 Å². The van der Waals surface area contributed by atoms with E-state index in [1.807, 2.05) is 12.1 Å². The van der Waals surface area contributed by atoms with Gasteiger partial charge in [0.25, 0.3) is 0 Å². The molecule has 7 heteroatoms. The van der Waals surface area contributed by atoms with Crippen molar-refractivity contribution in [1.29, 1.82) is 0 Å². The van der Waals surface area contributed by atoms with E-state index in [1.54, 1.807) is 26.1 Å². The molecule has 2 aromatic rings. The summed E-state index contributed by atoms with van der Waals surface area (Å²) in [6.07, 6.45) is 0. The zero-order chi connectivity index (χ0) is 14.0. The van der Waals surface area contributed by atoms with Crippen LogP contribution in [-0.4, -0.2) is 21.9 Å². The number of rotatable bonds is 3. The van der Waals surface area contributed by atoms with Gasteiger partial charge in [0.1, 0.15) is 5.69 Å². The quantitative estimate of drug-likeness (QED) is 0.693. The van der Waals surface area contributed by atoms with Crippen LogP contribution in [0.25, 0.3) is 11.3 Å². The van der Waals surface area contributed by atoms with Crippen LogP contribution in [0.15, 0.2) is 28.7 Å². The van der Waals surface area contributed by atoms with Crippen LogP contribution in [-0.2, 0) is 0 Å². The first-order valence-corrected chi connectivity index (χ1v) is 6.29. The first-order valence-electron chi connectivity index (χ1n) is 5.49. The van der Waals surface area contributed by atoms with Crippen LogP contribution >= 0.6 is 15.9 Å². The molecular weight excluding hydrogens is 312 g/mol. The van der Waals surface area contributed by atoms with Gasteiger partial charge in [0, 0.05) is 17.1 Å². The molecule has 0 spiro atoms. The molecule has 6 nitrogen and oxygen atoms in total. The summed E-state index contributed by atoms with van der Waals surface area (Å²) in [4.78, 5) is 19.0. The topological polar surface area (TPSA) is 81.0 Å². The monoisotopic (exact) mass is 322 g/mol. The Morgan fingerprint density at radius 2 is 1.89 bits per heavy atom. The second kappa shape index (κ2) is 5.31. The average Bonchev–Trinajstić information content (AvgIpc) is 2.38. The predicted octanol–water partition coefficient (Wildman–Crippen LogP) is 3.16. The Hall–Kier alpha value is -2.02. The second-order valence-corrected chi connectivity index (χ2v) is 4.76. The maximum absolute atomic E-state index is 11.2. The van der Waals surface area contributed by atoms with E-state index in [2.05, 4.69) is 31.2 Å². The zero-order valence-electron chi connectivity index (χ0n) is 10.3. The fraction of sp³-hybridized carbons (Fsp3) is 0.167. The van der Waals surface area contributed by atoms with Crippen molar-refractivity contribution in [3.8, 4) is 11.3 Å². The van der Waals surface area contributed by atoms with E-state index in [4.69, 9.17) is 0 Å². The van der Waals surface area contributed by atoms with Gasteiger partial charge in [0.05, 0.1) is 4.92 Å². The number of hydrogen-bond donors (Lipinski definition) is 1. The Kier molecular flexibility index (Phi) is 3.75. The Morgan fingerprint density at radius 1 is 1.26 bits per heavy atom. The first-order chi connectivity index (χ1) is 9.02. The minimum atomic E-state index is -0.452. The molecule has 1 heterocycles. The third-order valence-electron chi connectivity index (χ3n) is 2.58. The highest BCUT2D eigenvalue weighted by Gasteiger charge is 2.22. The molecule has 0 aliphatic rings. The van der Waals surface area contributed by atoms with Crippen LogP contribution in [0.2, 0.25) is 0 Å². The lowest BCUT2D eigenvalue weighted by molar-refractivity contribution is -0.385. The van der Waals surface area contributed by atoms with Gasteiger partial charge in [-0.05, 0) is 19.1 Å². The summed E-state index contributed by atoms with van der Waals surface area (Å²) in [6.45, 7) is 1.60. The summed E-state index contributed by atoms with van der Waals surface area (Å²) in [7, 11) is 1.67. The van der Waals surface area contributed by atoms with Crippen LogP contribution < -0.4 is 5.32 Å². The highest BCUT2D eigenvalue weighted by molar-refractivity contribution is 9.10. The number of nitrogens with zero attached hydrogens (tertiary/aromatic N) is 3. The van der Waals surface area contributed by atoms with E-state index < -0.39 is 4.92 Å². The molecule has 0 atom stereocenters. The van der Waals surface area contributed by atoms with Crippen LogP contribution in [0.1, 0.15) is 5.69 Å². The zero-order valence-corrected chi connectivity index (χ0v) is 11.9. The fourth-order valence-corrected chi connectivity index (χ4v) is 1.97. The molecule has 0 bridgehead atoms. The van der Waals surface area contributed by atoms with Gasteiger partial charge in [-0.25, -0.2) is 9.97 Å². The Bertz CT molecular complexity index is 628. The van der Waals surface area contributed by atoms with Crippen LogP contribution in [0.4, 0.5) is 11.6 Å². The Morgan fingerprint density at radius 3 is 2.42 bits per heavy atom. The molecule has 0 saturated carbocycles. The second-order valence-electron chi connectivity index (χ2n) is 3.84. The molecule has 2 rings (SSSR count). The molecule has 0 fully saturated rings. The first kappa shape index (κ1) is 13.4. The standard InChI is InChI=1S/C12H11BrN4O2/c1-7-11(17(18)19)10(16-12(14-2)15-7)8-3-5-9(13)6-4-8/h3-6H,1-2H3,(H,14,15,16). The van der Waals surface area contributed by atoms with Crippen molar-refractivity contribution in [1.82, 2.24) is 9.97 Å². The molecule has 1 N–H and O–H groups in total. The lowest BCUT2D eigenvalue weighted by atomic mass is 10.1. The summed E-state index contributed by atoms with van der Waals surface area (Å²) in [5.41, 5.74) is 1.26. The van der Waals surface area contributed by atoms with Gasteiger partial charge in [0.2, 0.25) is 5.95 Å². The lowest BCUT2D eigenvalue weighted by Crippen LogP contribution is -2.05. The van der Waals surface area contributed by atoms with Gasteiger partial charge in [-0.15, -0.1) is 0 Å². The molecule has 1 aromatic heterocycles. The van der Waals surface area contributed by atoms with E-state index in [1.165, 1.54) is 0 Å². The number of anilines is 1. The Labute approximate surface area is 118 Å². The van der Waals surface area contributed by atoms with E-state index in [9.17, 15) is 10.1 Å². The van der Waals surface area contributed by atoms with Crippen molar-refractivity contribution in [2.24, 2.45) is 0 Å². The molecule has 0 saturated heterocycles. The highest BCUT2D eigenvalue weighted by atomic mass is 79.9.